The molecular formula is C13H9NO2S. The average Bonchev–Trinajstić information content (AvgIpc) is 2.68. The zero-order valence-corrected chi connectivity index (χ0v) is 9.95. The fraction of sp³-hybridized carbons (Fsp3) is 0.0769. The van der Waals surface area contributed by atoms with Crippen LogP contribution in [0.4, 0.5) is 5.69 Å². The number of hydrogen-bond acceptors (Lipinski definition) is 3. The Morgan fingerprint density at radius 2 is 1.88 bits per heavy atom. The third kappa shape index (κ3) is 1.49. The molecule has 0 fully saturated rings. The monoisotopic (exact) mass is 243 g/mol. The highest BCUT2D eigenvalue weighted by atomic mass is 32.1. The van der Waals surface area contributed by atoms with Crippen molar-refractivity contribution in [2.75, 3.05) is 0 Å². The van der Waals surface area contributed by atoms with Crippen molar-refractivity contribution in [1.82, 2.24) is 0 Å². The largest absolute Gasteiger partial charge is 0.277 e. The summed E-state index contributed by atoms with van der Waals surface area (Å²) in [5, 5.41) is 13.7. The van der Waals surface area contributed by atoms with Gasteiger partial charge in [0, 0.05) is 26.4 Å². The van der Waals surface area contributed by atoms with E-state index in [1.165, 1.54) is 4.88 Å². The molecule has 3 rings (SSSR count). The van der Waals surface area contributed by atoms with Crippen LogP contribution in [0, 0.1) is 17.0 Å². The summed E-state index contributed by atoms with van der Waals surface area (Å²) in [6, 6.07) is 11.2. The van der Waals surface area contributed by atoms with Crippen molar-refractivity contribution in [3.05, 3.63) is 51.4 Å². The molecular weight excluding hydrogens is 234 g/mol. The minimum atomic E-state index is -0.311. The SMILES string of the molecule is Cc1cc2cc([N+](=O)[O-])c3ccccc3c2s1. The molecule has 0 N–H and O–H groups in total. The maximum Gasteiger partial charge on any atom is 0.277 e. The van der Waals surface area contributed by atoms with Crippen LogP contribution in [0.25, 0.3) is 20.9 Å². The lowest BCUT2D eigenvalue weighted by atomic mass is 10.1. The second kappa shape index (κ2) is 3.53. The number of hydrogen-bond donors (Lipinski definition) is 0. The fourth-order valence-electron chi connectivity index (χ4n) is 2.13. The predicted molar refractivity (Wildman–Crippen MR) is 70.7 cm³/mol. The van der Waals surface area contributed by atoms with E-state index >= 15 is 0 Å². The van der Waals surface area contributed by atoms with Crippen LogP contribution in [0.5, 0.6) is 0 Å². The summed E-state index contributed by atoms with van der Waals surface area (Å²) < 4.78 is 1.13. The van der Waals surface area contributed by atoms with Gasteiger partial charge in [-0.15, -0.1) is 11.3 Å². The quantitative estimate of drug-likeness (QED) is 0.473. The van der Waals surface area contributed by atoms with Crippen molar-refractivity contribution >= 4 is 37.9 Å². The Labute approximate surface area is 101 Å². The molecule has 2 aromatic carbocycles. The van der Waals surface area contributed by atoms with Gasteiger partial charge in [0.25, 0.3) is 5.69 Å². The number of benzene rings is 2. The number of nitro groups is 1. The summed E-state index contributed by atoms with van der Waals surface area (Å²) in [5.74, 6) is 0. The first-order chi connectivity index (χ1) is 8.16. The number of rotatable bonds is 1. The first-order valence-corrected chi connectivity index (χ1v) is 6.05. The van der Waals surface area contributed by atoms with Gasteiger partial charge < -0.3 is 0 Å². The summed E-state index contributed by atoms with van der Waals surface area (Å²) in [6.45, 7) is 2.02. The van der Waals surface area contributed by atoms with Crippen LogP contribution in [0.2, 0.25) is 0 Å². The molecule has 0 bridgehead atoms. The predicted octanol–water partition coefficient (Wildman–Crippen LogP) is 4.27. The normalized spacial score (nSPS) is 11.1. The average molecular weight is 243 g/mol. The summed E-state index contributed by atoms with van der Waals surface area (Å²) in [6.07, 6.45) is 0. The summed E-state index contributed by atoms with van der Waals surface area (Å²) in [7, 11) is 0. The second-order valence-electron chi connectivity index (χ2n) is 3.97. The molecule has 0 radical (unpaired) electrons. The standard InChI is InChI=1S/C13H9NO2S/c1-8-6-9-7-12(14(15)16)10-4-2-3-5-11(10)13(9)17-8/h2-7H,1H3. The van der Waals surface area contributed by atoms with Crippen molar-refractivity contribution in [3.63, 3.8) is 0 Å². The van der Waals surface area contributed by atoms with Gasteiger partial charge in [-0.1, -0.05) is 18.2 Å². The molecule has 0 amide bonds. The number of nitrogens with zero attached hydrogens (tertiary/aromatic N) is 1. The van der Waals surface area contributed by atoms with Crippen LogP contribution >= 0.6 is 11.3 Å². The van der Waals surface area contributed by atoms with Crippen molar-refractivity contribution in [1.29, 1.82) is 0 Å². The Bertz CT molecular complexity index is 746. The van der Waals surface area contributed by atoms with E-state index in [0.717, 1.165) is 15.5 Å². The molecule has 0 spiro atoms. The fourth-order valence-corrected chi connectivity index (χ4v) is 3.16. The van der Waals surface area contributed by atoms with Crippen LogP contribution in [0.15, 0.2) is 36.4 Å². The van der Waals surface area contributed by atoms with E-state index < -0.39 is 0 Å². The van der Waals surface area contributed by atoms with E-state index in [1.807, 2.05) is 37.3 Å². The van der Waals surface area contributed by atoms with Crippen LogP contribution in [0.3, 0.4) is 0 Å². The number of nitro benzene ring substituents is 1. The Hall–Kier alpha value is -1.94. The van der Waals surface area contributed by atoms with Gasteiger partial charge in [-0.25, -0.2) is 0 Å². The van der Waals surface area contributed by atoms with Crippen LogP contribution in [0.1, 0.15) is 4.88 Å². The number of non-ortho nitro benzene ring substituents is 1. The van der Waals surface area contributed by atoms with Gasteiger partial charge in [-0.3, -0.25) is 10.1 Å². The summed E-state index contributed by atoms with van der Waals surface area (Å²) >= 11 is 1.68. The third-order valence-corrected chi connectivity index (χ3v) is 3.92. The van der Waals surface area contributed by atoms with Crippen molar-refractivity contribution in [2.24, 2.45) is 0 Å². The highest BCUT2D eigenvalue weighted by Gasteiger charge is 2.15. The summed E-state index contributed by atoms with van der Waals surface area (Å²) in [4.78, 5) is 11.9. The zero-order chi connectivity index (χ0) is 12.0. The second-order valence-corrected chi connectivity index (χ2v) is 5.23. The molecule has 0 aliphatic heterocycles. The third-order valence-electron chi connectivity index (χ3n) is 2.82. The molecule has 3 aromatic rings. The lowest BCUT2D eigenvalue weighted by Gasteiger charge is -2.00. The molecule has 0 atom stereocenters. The smallest absolute Gasteiger partial charge is 0.258 e. The molecule has 84 valence electrons. The van der Waals surface area contributed by atoms with E-state index in [0.29, 0.717) is 5.39 Å². The summed E-state index contributed by atoms with van der Waals surface area (Å²) in [5.41, 5.74) is 0.186. The molecule has 0 saturated carbocycles. The Kier molecular flexibility index (Phi) is 2.12. The highest BCUT2D eigenvalue weighted by molar-refractivity contribution is 7.20. The van der Waals surface area contributed by atoms with Gasteiger partial charge in [0.2, 0.25) is 0 Å². The molecule has 1 aromatic heterocycles. The lowest BCUT2D eigenvalue weighted by Crippen LogP contribution is -1.89. The van der Waals surface area contributed by atoms with Gasteiger partial charge in [-0.2, -0.15) is 0 Å². The highest BCUT2D eigenvalue weighted by Crippen LogP contribution is 2.37. The van der Waals surface area contributed by atoms with E-state index in [1.54, 1.807) is 17.4 Å². The van der Waals surface area contributed by atoms with Crippen LogP contribution < -0.4 is 0 Å². The van der Waals surface area contributed by atoms with Gasteiger partial charge in [-0.05, 0) is 19.1 Å². The molecule has 3 nitrogen and oxygen atoms in total. The Morgan fingerprint density at radius 3 is 2.59 bits per heavy atom. The maximum absolute atomic E-state index is 11.1. The lowest BCUT2D eigenvalue weighted by molar-refractivity contribution is -0.382. The first-order valence-electron chi connectivity index (χ1n) is 5.23. The van der Waals surface area contributed by atoms with Crippen LogP contribution in [-0.2, 0) is 0 Å². The molecule has 17 heavy (non-hydrogen) atoms. The van der Waals surface area contributed by atoms with Gasteiger partial charge >= 0.3 is 0 Å². The first kappa shape index (κ1) is 10.2. The van der Waals surface area contributed by atoms with E-state index in [9.17, 15) is 10.1 Å². The van der Waals surface area contributed by atoms with Crippen molar-refractivity contribution < 1.29 is 4.92 Å². The van der Waals surface area contributed by atoms with E-state index in [4.69, 9.17) is 0 Å². The number of fused-ring (bicyclic) bond motifs is 3. The number of thiophene rings is 1. The van der Waals surface area contributed by atoms with Crippen LogP contribution in [-0.4, -0.2) is 4.92 Å². The molecule has 0 saturated heterocycles. The zero-order valence-electron chi connectivity index (χ0n) is 9.14. The van der Waals surface area contributed by atoms with Crippen molar-refractivity contribution in [3.8, 4) is 0 Å². The van der Waals surface area contributed by atoms with Crippen molar-refractivity contribution in [2.45, 2.75) is 6.92 Å². The minimum Gasteiger partial charge on any atom is -0.258 e. The molecule has 0 aliphatic rings. The molecule has 4 heteroatoms. The van der Waals surface area contributed by atoms with Gasteiger partial charge in [0.15, 0.2) is 0 Å². The van der Waals surface area contributed by atoms with E-state index in [2.05, 4.69) is 0 Å². The Balaban J connectivity index is 2.58. The molecule has 0 aliphatic carbocycles. The van der Waals surface area contributed by atoms with Gasteiger partial charge in [0.05, 0.1) is 10.3 Å². The molecule has 0 unspecified atom stereocenters. The topological polar surface area (TPSA) is 43.1 Å². The molecule has 1 heterocycles. The Morgan fingerprint density at radius 1 is 1.18 bits per heavy atom. The number of aryl methyl sites for hydroxylation is 1. The van der Waals surface area contributed by atoms with Gasteiger partial charge in [0.1, 0.15) is 0 Å². The van der Waals surface area contributed by atoms with E-state index in [-0.39, 0.29) is 10.6 Å². The minimum absolute atomic E-state index is 0.186. The maximum atomic E-state index is 11.1.